The lowest BCUT2D eigenvalue weighted by Gasteiger charge is -2.01. The van der Waals surface area contributed by atoms with Gasteiger partial charge in [-0.25, -0.2) is 0 Å². The Bertz CT molecular complexity index is 374. The van der Waals surface area contributed by atoms with Crippen LogP contribution in [0.1, 0.15) is 0 Å². The second-order valence-corrected chi connectivity index (χ2v) is 3.15. The first-order valence-electron chi connectivity index (χ1n) is 3.51. The molecule has 70 valence electrons. The number of carbonyl (C=O) groups excluding carboxylic acids is 1. The molecule has 1 aromatic rings. The van der Waals surface area contributed by atoms with Gasteiger partial charge >= 0.3 is 0 Å². The van der Waals surface area contributed by atoms with Crippen LogP contribution in [0.15, 0.2) is 21.7 Å². The second-order valence-electron chi connectivity index (χ2n) is 2.30. The van der Waals surface area contributed by atoms with E-state index in [1.165, 1.54) is 12.4 Å². The van der Waals surface area contributed by atoms with Gasteiger partial charge in [-0.15, -0.1) is 0 Å². The number of amides is 1. The fourth-order valence-electron chi connectivity index (χ4n) is 0.752. The largest absolute Gasteiger partial charge is 0.365 e. The molecule has 13 heavy (non-hydrogen) atoms. The maximum absolute atomic E-state index is 11.3. The summed E-state index contributed by atoms with van der Waals surface area (Å²) in [5.41, 5.74) is 4.98. The Morgan fingerprint density at radius 3 is 2.92 bits per heavy atom. The van der Waals surface area contributed by atoms with Crippen LogP contribution in [-0.4, -0.2) is 17.4 Å². The topological polar surface area (TPSA) is 88.0 Å². The highest BCUT2D eigenvalue weighted by molar-refractivity contribution is 9.10. The van der Waals surface area contributed by atoms with Crippen molar-refractivity contribution in [3.8, 4) is 0 Å². The van der Waals surface area contributed by atoms with Crippen LogP contribution < -0.4 is 16.5 Å². The highest BCUT2D eigenvalue weighted by atomic mass is 79.9. The van der Waals surface area contributed by atoms with Gasteiger partial charge in [0.25, 0.3) is 0 Å². The van der Waals surface area contributed by atoms with Crippen LogP contribution in [0.3, 0.4) is 0 Å². The number of anilines is 1. The number of halogens is 1. The summed E-state index contributed by atoms with van der Waals surface area (Å²) in [6.45, 7) is -0.147. The minimum atomic E-state index is -0.399. The predicted molar refractivity (Wildman–Crippen MR) is 52.4 cm³/mol. The van der Waals surface area contributed by atoms with Gasteiger partial charge in [0.15, 0.2) is 0 Å². The summed E-state index contributed by atoms with van der Waals surface area (Å²) < 4.78 is 0.363. The van der Waals surface area contributed by atoms with Crippen LogP contribution in [-0.2, 0) is 4.79 Å². The summed E-state index contributed by atoms with van der Waals surface area (Å²) in [5, 5.41) is 2.36. The molecule has 6 heteroatoms. The zero-order valence-corrected chi connectivity index (χ0v) is 8.22. The van der Waals surface area contributed by atoms with Gasteiger partial charge in [-0.05, 0) is 15.9 Å². The molecule has 0 fully saturated rings. The van der Waals surface area contributed by atoms with Gasteiger partial charge in [0.05, 0.1) is 11.0 Å². The summed E-state index contributed by atoms with van der Waals surface area (Å²) in [5.74, 6) is -0.399. The average Bonchev–Trinajstić information content (AvgIpc) is 2.13. The molecule has 4 N–H and O–H groups in total. The molecular weight excluding hydrogens is 238 g/mol. The molecule has 0 aliphatic rings. The molecule has 0 aromatic carbocycles. The van der Waals surface area contributed by atoms with Crippen LogP contribution in [0.5, 0.6) is 0 Å². The number of nitrogens with one attached hydrogen (secondary N) is 2. The van der Waals surface area contributed by atoms with Crippen molar-refractivity contribution in [1.82, 2.24) is 4.98 Å². The van der Waals surface area contributed by atoms with Gasteiger partial charge in [-0.1, -0.05) is 0 Å². The Balaban J connectivity index is 2.96. The summed E-state index contributed by atoms with van der Waals surface area (Å²) in [6.07, 6.45) is 2.89. The number of nitrogens with two attached hydrogens (primary N) is 1. The fraction of sp³-hybridized carbons (Fsp3) is 0.143. The molecule has 1 heterocycles. The molecule has 1 aromatic heterocycles. The smallest absolute Gasteiger partial charge is 0.238 e. The van der Waals surface area contributed by atoms with Crippen molar-refractivity contribution in [2.24, 2.45) is 5.73 Å². The van der Waals surface area contributed by atoms with Crippen molar-refractivity contribution in [2.75, 3.05) is 11.9 Å². The number of aromatic amines is 1. The Labute approximate surface area is 82.5 Å². The van der Waals surface area contributed by atoms with E-state index >= 15 is 0 Å². The highest BCUT2D eigenvalue weighted by Gasteiger charge is 2.05. The molecule has 0 radical (unpaired) electrons. The number of aromatic nitrogens is 1. The lowest BCUT2D eigenvalue weighted by molar-refractivity contribution is -0.114. The van der Waals surface area contributed by atoms with Crippen molar-refractivity contribution < 1.29 is 4.79 Å². The number of hydrogen-bond acceptors (Lipinski definition) is 3. The first-order valence-corrected chi connectivity index (χ1v) is 4.31. The molecule has 0 spiro atoms. The Kier molecular flexibility index (Phi) is 3.21. The van der Waals surface area contributed by atoms with E-state index in [4.69, 9.17) is 5.73 Å². The van der Waals surface area contributed by atoms with Gasteiger partial charge in [-0.3, -0.25) is 9.59 Å². The van der Waals surface area contributed by atoms with Crippen molar-refractivity contribution in [2.45, 2.75) is 0 Å². The monoisotopic (exact) mass is 245 g/mol. The molecule has 0 aliphatic heterocycles. The minimum absolute atomic E-state index is 0.147. The Morgan fingerprint density at radius 1 is 1.62 bits per heavy atom. The maximum atomic E-state index is 11.3. The van der Waals surface area contributed by atoms with Gasteiger partial charge in [0, 0.05) is 12.4 Å². The third-order valence-corrected chi connectivity index (χ3v) is 1.95. The van der Waals surface area contributed by atoms with Crippen LogP contribution in [0.25, 0.3) is 0 Å². The normalized spacial score (nSPS) is 9.69. The van der Waals surface area contributed by atoms with Crippen LogP contribution in [0.2, 0.25) is 0 Å². The molecule has 0 unspecified atom stereocenters. The van der Waals surface area contributed by atoms with Crippen molar-refractivity contribution in [3.05, 3.63) is 27.1 Å². The van der Waals surface area contributed by atoms with Gasteiger partial charge in [0.1, 0.15) is 5.69 Å². The van der Waals surface area contributed by atoms with E-state index in [9.17, 15) is 9.59 Å². The molecule has 0 aliphatic carbocycles. The fourth-order valence-corrected chi connectivity index (χ4v) is 1.10. The predicted octanol–water partition coefficient (Wildman–Crippen LogP) is 0.0346. The van der Waals surface area contributed by atoms with E-state index in [1.807, 2.05) is 0 Å². The van der Waals surface area contributed by atoms with E-state index in [2.05, 4.69) is 26.2 Å². The Hall–Kier alpha value is -1.14. The summed E-state index contributed by atoms with van der Waals surface area (Å²) >= 11 is 3.03. The SMILES string of the molecule is NCC(=O)Nc1c[nH]cc(Br)c1=O. The molecular formula is C7H8BrN3O2. The number of carbonyl (C=O) groups is 1. The van der Waals surface area contributed by atoms with E-state index in [1.54, 1.807) is 0 Å². The van der Waals surface area contributed by atoms with E-state index in [0.717, 1.165) is 0 Å². The van der Waals surface area contributed by atoms with Crippen LogP contribution in [0, 0.1) is 0 Å². The molecule has 1 rings (SSSR count). The number of H-pyrrole nitrogens is 1. The van der Waals surface area contributed by atoms with E-state index in [-0.39, 0.29) is 17.7 Å². The number of pyridine rings is 1. The quantitative estimate of drug-likeness (QED) is 0.688. The van der Waals surface area contributed by atoms with Crippen LogP contribution >= 0.6 is 15.9 Å². The molecule has 0 saturated carbocycles. The third-order valence-electron chi connectivity index (χ3n) is 1.36. The van der Waals surface area contributed by atoms with Crippen molar-refractivity contribution in [3.63, 3.8) is 0 Å². The van der Waals surface area contributed by atoms with Crippen LogP contribution in [0.4, 0.5) is 5.69 Å². The van der Waals surface area contributed by atoms with Gasteiger partial charge in [0.2, 0.25) is 11.3 Å². The average molecular weight is 246 g/mol. The maximum Gasteiger partial charge on any atom is 0.238 e. The zero-order chi connectivity index (χ0) is 9.84. The second kappa shape index (κ2) is 4.20. The summed E-state index contributed by atoms with van der Waals surface area (Å²) in [7, 11) is 0. The number of rotatable bonds is 2. The third kappa shape index (κ3) is 2.40. The molecule has 5 nitrogen and oxygen atoms in total. The summed E-state index contributed by atoms with van der Waals surface area (Å²) in [6, 6.07) is 0. The standard InChI is InChI=1S/C7H8BrN3O2/c8-4-2-10-3-5(7(4)13)11-6(12)1-9/h2-3H,1,9H2,(H,10,13)(H,11,12). The lowest BCUT2D eigenvalue weighted by Crippen LogP contribution is -2.25. The van der Waals surface area contributed by atoms with Gasteiger partial charge in [-0.2, -0.15) is 0 Å². The molecule has 1 amide bonds. The van der Waals surface area contributed by atoms with Crippen molar-refractivity contribution in [1.29, 1.82) is 0 Å². The zero-order valence-electron chi connectivity index (χ0n) is 6.63. The lowest BCUT2D eigenvalue weighted by atomic mass is 10.4. The summed E-state index contributed by atoms with van der Waals surface area (Å²) in [4.78, 5) is 24.8. The minimum Gasteiger partial charge on any atom is -0.365 e. The first kappa shape index (κ1) is 9.94. The Morgan fingerprint density at radius 2 is 2.31 bits per heavy atom. The van der Waals surface area contributed by atoms with Gasteiger partial charge < -0.3 is 16.0 Å². The number of hydrogen-bond donors (Lipinski definition) is 3. The van der Waals surface area contributed by atoms with E-state index < -0.39 is 5.91 Å². The molecule has 0 saturated heterocycles. The molecule has 0 atom stereocenters. The first-order chi connectivity index (χ1) is 6.15. The van der Waals surface area contributed by atoms with E-state index in [0.29, 0.717) is 4.47 Å². The van der Waals surface area contributed by atoms with Crippen molar-refractivity contribution >= 4 is 27.5 Å². The highest BCUT2D eigenvalue weighted by Crippen LogP contribution is 2.04. The molecule has 0 bridgehead atoms.